The van der Waals surface area contributed by atoms with Crippen LogP contribution in [0.5, 0.6) is 0 Å². The van der Waals surface area contributed by atoms with E-state index >= 15 is 0 Å². The van der Waals surface area contributed by atoms with Crippen molar-refractivity contribution in [3.8, 4) is 0 Å². The molecule has 1 amide bonds. The van der Waals surface area contributed by atoms with Crippen LogP contribution in [0.4, 0.5) is 4.39 Å². The zero-order valence-corrected chi connectivity index (χ0v) is 15.7. The summed E-state index contributed by atoms with van der Waals surface area (Å²) in [6, 6.07) is 16.0. The molecule has 2 aromatic carbocycles. The largest absolute Gasteiger partial charge is 0.388 e. The lowest BCUT2D eigenvalue weighted by Crippen LogP contribution is -2.42. The summed E-state index contributed by atoms with van der Waals surface area (Å²) in [7, 11) is 1.78. The number of halogens is 1. The number of nitrogens with zero attached hydrogens (tertiary/aromatic N) is 2. The SMILES string of the molecule is CN(Cc1ccc(F)cc1)C(=O)CN1CCC(C(O)c2ccccc2)CC1. The Morgan fingerprint density at radius 1 is 1.15 bits per heavy atom. The maximum atomic E-state index is 13.0. The summed E-state index contributed by atoms with van der Waals surface area (Å²) in [4.78, 5) is 16.3. The zero-order chi connectivity index (χ0) is 19.2. The average Bonchev–Trinajstić information content (AvgIpc) is 2.70. The van der Waals surface area contributed by atoms with E-state index < -0.39 is 6.10 Å². The van der Waals surface area contributed by atoms with Gasteiger partial charge in [-0.15, -0.1) is 0 Å². The van der Waals surface area contributed by atoms with Gasteiger partial charge in [-0.2, -0.15) is 0 Å². The summed E-state index contributed by atoms with van der Waals surface area (Å²) < 4.78 is 13.0. The van der Waals surface area contributed by atoms with Gasteiger partial charge in [-0.1, -0.05) is 42.5 Å². The standard InChI is InChI=1S/C22H27FN2O2/c1-24(15-17-7-9-20(23)10-8-17)21(26)16-25-13-11-19(12-14-25)22(27)18-5-3-2-4-6-18/h2-10,19,22,27H,11-16H2,1H3. The van der Waals surface area contributed by atoms with E-state index in [2.05, 4.69) is 4.90 Å². The van der Waals surface area contributed by atoms with Gasteiger partial charge in [-0.05, 0) is 55.1 Å². The molecule has 0 radical (unpaired) electrons. The highest BCUT2D eigenvalue weighted by molar-refractivity contribution is 5.78. The highest BCUT2D eigenvalue weighted by Crippen LogP contribution is 2.30. The van der Waals surface area contributed by atoms with E-state index in [1.165, 1.54) is 12.1 Å². The Bertz CT molecular complexity index is 728. The Balaban J connectivity index is 1.45. The minimum absolute atomic E-state index is 0.0568. The summed E-state index contributed by atoms with van der Waals surface area (Å²) in [5.74, 6) is 0.0189. The normalized spacial score (nSPS) is 16.9. The molecule has 1 aliphatic rings. The molecule has 1 unspecified atom stereocenters. The maximum Gasteiger partial charge on any atom is 0.236 e. The van der Waals surface area contributed by atoms with Crippen LogP contribution in [0.1, 0.15) is 30.1 Å². The van der Waals surface area contributed by atoms with Gasteiger partial charge < -0.3 is 10.0 Å². The molecule has 27 heavy (non-hydrogen) atoms. The van der Waals surface area contributed by atoms with Crippen LogP contribution in [-0.4, -0.2) is 47.5 Å². The minimum atomic E-state index is -0.440. The monoisotopic (exact) mass is 370 g/mol. The number of benzene rings is 2. The lowest BCUT2D eigenvalue weighted by atomic mass is 9.87. The van der Waals surface area contributed by atoms with Crippen LogP contribution >= 0.6 is 0 Å². The number of likely N-dealkylation sites (tertiary alicyclic amines) is 1. The first kappa shape index (κ1) is 19.5. The second kappa shape index (κ2) is 9.11. The van der Waals surface area contributed by atoms with Crippen molar-refractivity contribution in [2.75, 3.05) is 26.7 Å². The number of rotatable bonds is 6. The van der Waals surface area contributed by atoms with E-state index in [1.807, 2.05) is 30.3 Å². The van der Waals surface area contributed by atoms with Crippen LogP contribution in [0.15, 0.2) is 54.6 Å². The van der Waals surface area contributed by atoms with Gasteiger partial charge in [0, 0.05) is 13.6 Å². The number of piperidine rings is 1. The third-order valence-corrected chi connectivity index (χ3v) is 5.34. The number of carbonyl (C=O) groups is 1. The number of hydrogen-bond donors (Lipinski definition) is 1. The molecule has 4 nitrogen and oxygen atoms in total. The van der Waals surface area contributed by atoms with E-state index in [0.717, 1.165) is 37.1 Å². The van der Waals surface area contributed by atoms with Crippen LogP contribution < -0.4 is 0 Å². The first-order valence-corrected chi connectivity index (χ1v) is 9.46. The van der Waals surface area contributed by atoms with Gasteiger partial charge in [0.15, 0.2) is 0 Å². The molecule has 1 heterocycles. The van der Waals surface area contributed by atoms with Crippen LogP contribution in [0.3, 0.4) is 0 Å². The van der Waals surface area contributed by atoms with Gasteiger partial charge >= 0.3 is 0 Å². The zero-order valence-electron chi connectivity index (χ0n) is 15.7. The van der Waals surface area contributed by atoms with Crippen LogP contribution in [0.2, 0.25) is 0 Å². The number of aliphatic hydroxyl groups is 1. The Morgan fingerprint density at radius 2 is 1.78 bits per heavy atom. The van der Waals surface area contributed by atoms with Crippen molar-refractivity contribution in [3.05, 3.63) is 71.5 Å². The Hall–Kier alpha value is -2.24. The van der Waals surface area contributed by atoms with Gasteiger partial charge in [-0.3, -0.25) is 9.69 Å². The lowest BCUT2D eigenvalue weighted by molar-refractivity contribution is -0.132. The topological polar surface area (TPSA) is 43.8 Å². The summed E-state index contributed by atoms with van der Waals surface area (Å²) in [5, 5.41) is 10.6. The molecule has 144 valence electrons. The Labute approximate surface area is 160 Å². The molecule has 0 aliphatic carbocycles. The third-order valence-electron chi connectivity index (χ3n) is 5.34. The van der Waals surface area contributed by atoms with Crippen LogP contribution in [0.25, 0.3) is 0 Å². The van der Waals surface area contributed by atoms with Crippen molar-refractivity contribution in [1.82, 2.24) is 9.80 Å². The predicted molar refractivity (Wildman–Crippen MR) is 103 cm³/mol. The van der Waals surface area contributed by atoms with Crippen molar-refractivity contribution in [3.63, 3.8) is 0 Å². The fourth-order valence-corrected chi connectivity index (χ4v) is 3.61. The second-order valence-corrected chi connectivity index (χ2v) is 7.35. The van der Waals surface area contributed by atoms with E-state index in [4.69, 9.17) is 0 Å². The van der Waals surface area contributed by atoms with Crippen molar-refractivity contribution in [2.45, 2.75) is 25.5 Å². The second-order valence-electron chi connectivity index (χ2n) is 7.35. The van der Waals surface area contributed by atoms with Crippen molar-refractivity contribution >= 4 is 5.91 Å². The fourth-order valence-electron chi connectivity index (χ4n) is 3.61. The molecule has 3 rings (SSSR count). The highest BCUT2D eigenvalue weighted by atomic mass is 19.1. The molecule has 0 aromatic heterocycles. The Kier molecular flexibility index (Phi) is 6.58. The number of amides is 1. The molecular weight excluding hydrogens is 343 g/mol. The number of aliphatic hydroxyl groups excluding tert-OH is 1. The third kappa shape index (κ3) is 5.37. The summed E-state index contributed by atoms with van der Waals surface area (Å²) >= 11 is 0. The van der Waals surface area contributed by atoms with Gasteiger partial charge in [-0.25, -0.2) is 4.39 Å². The molecule has 1 N–H and O–H groups in total. The average molecular weight is 370 g/mol. The molecule has 1 saturated heterocycles. The quantitative estimate of drug-likeness (QED) is 0.849. The Morgan fingerprint density at radius 3 is 2.41 bits per heavy atom. The highest BCUT2D eigenvalue weighted by Gasteiger charge is 2.27. The van der Waals surface area contributed by atoms with Gasteiger partial charge in [0.2, 0.25) is 5.91 Å². The van der Waals surface area contributed by atoms with Crippen molar-refractivity contribution < 1.29 is 14.3 Å². The maximum absolute atomic E-state index is 13.0. The molecule has 0 saturated carbocycles. The number of hydrogen-bond acceptors (Lipinski definition) is 3. The summed E-state index contributed by atoms with van der Waals surface area (Å²) in [6.45, 7) is 2.48. The molecule has 1 atom stereocenters. The molecule has 1 aliphatic heterocycles. The summed E-state index contributed by atoms with van der Waals surface area (Å²) in [6.07, 6.45) is 1.32. The molecule has 0 spiro atoms. The molecule has 5 heteroatoms. The molecule has 0 bridgehead atoms. The first-order valence-electron chi connectivity index (χ1n) is 9.46. The predicted octanol–water partition coefficient (Wildman–Crippen LogP) is 3.23. The van der Waals surface area contributed by atoms with Crippen molar-refractivity contribution in [2.24, 2.45) is 5.92 Å². The first-order chi connectivity index (χ1) is 13.0. The smallest absolute Gasteiger partial charge is 0.236 e. The molecular formula is C22H27FN2O2. The van der Waals surface area contributed by atoms with E-state index in [1.54, 1.807) is 24.1 Å². The van der Waals surface area contributed by atoms with E-state index in [-0.39, 0.29) is 17.6 Å². The lowest BCUT2D eigenvalue weighted by Gasteiger charge is -2.34. The van der Waals surface area contributed by atoms with Gasteiger partial charge in [0.05, 0.1) is 12.6 Å². The van der Waals surface area contributed by atoms with E-state index in [9.17, 15) is 14.3 Å². The summed E-state index contributed by atoms with van der Waals surface area (Å²) in [5.41, 5.74) is 1.88. The van der Waals surface area contributed by atoms with E-state index in [0.29, 0.717) is 13.1 Å². The van der Waals surface area contributed by atoms with Crippen molar-refractivity contribution in [1.29, 1.82) is 0 Å². The van der Waals surface area contributed by atoms with Gasteiger partial charge in [0.1, 0.15) is 5.82 Å². The van der Waals surface area contributed by atoms with Crippen LogP contribution in [0, 0.1) is 11.7 Å². The van der Waals surface area contributed by atoms with Crippen LogP contribution in [-0.2, 0) is 11.3 Å². The fraction of sp³-hybridized carbons (Fsp3) is 0.409. The minimum Gasteiger partial charge on any atom is -0.388 e. The van der Waals surface area contributed by atoms with Gasteiger partial charge in [0.25, 0.3) is 0 Å². The number of likely N-dealkylation sites (N-methyl/N-ethyl adjacent to an activating group) is 1. The number of carbonyl (C=O) groups excluding carboxylic acids is 1. The molecule has 1 fully saturated rings. The molecule has 2 aromatic rings.